The standard InChI is InChI=1S/C19H21NO4/c1-3-14-5-8-16(9-6-14)24-13-19(22)20-17-11-15(12-21)7-10-18(17)23-4-2/h5-12H,3-4,13H2,1-2H3,(H,20,22). The second kappa shape index (κ2) is 8.72. The summed E-state index contributed by atoms with van der Waals surface area (Å²) < 4.78 is 10.9. The number of nitrogens with one attached hydrogen (secondary N) is 1. The number of anilines is 1. The van der Waals surface area contributed by atoms with E-state index in [1.807, 2.05) is 31.2 Å². The molecular weight excluding hydrogens is 306 g/mol. The molecule has 1 N–H and O–H groups in total. The van der Waals surface area contributed by atoms with Gasteiger partial charge in [0, 0.05) is 5.56 Å². The Bertz CT molecular complexity index is 695. The summed E-state index contributed by atoms with van der Waals surface area (Å²) in [6.07, 6.45) is 1.67. The molecule has 0 spiro atoms. The molecule has 0 fully saturated rings. The van der Waals surface area contributed by atoms with Crippen LogP contribution in [-0.2, 0) is 11.2 Å². The molecule has 0 atom stereocenters. The lowest BCUT2D eigenvalue weighted by Gasteiger charge is -2.12. The van der Waals surface area contributed by atoms with Crippen LogP contribution in [0.25, 0.3) is 0 Å². The first-order valence-electron chi connectivity index (χ1n) is 7.89. The van der Waals surface area contributed by atoms with Crippen LogP contribution in [0.4, 0.5) is 5.69 Å². The number of benzene rings is 2. The summed E-state index contributed by atoms with van der Waals surface area (Å²) in [5.41, 5.74) is 2.13. The summed E-state index contributed by atoms with van der Waals surface area (Å²) in [4.78, 5) is 23.0. The monoisotopic (exact) mass is 327 g/mol. The molecule has 0 saturated carbocycles. The molecule has 0 radical (unpaired) electrons. The van der Waals surface area contributed by atoms with Crippen molar-refractivity contribution in [2.75, 3.05) is 18.5 Å². The number of ether oxygens (including phenoxy) is 2. The highest BCUT2D eigenvalue weighted by Crippen LogP contribution is 2.25. The van der Waals surface area contributed by atoms with Crippen molar-refractivity contribution in [3.63, 3.8) is 0 Å². The molecule has 0 saturated heterocycles. The van der Waals surface area contributed by atoms with E-state index in [0.717, 1.165) is 12.7 Å². The third-order valence-electron chi connectivity index (χ3n) is 3.42. The molecule has 1 amide bonds. The van der Waals surface area contributed by atoms with Crippen LogP contribution in [0.2, 0.25) is 0 Å². The highest BCUT2D eigenvalue weighted by Gasteiger charge is 2.10. The van der Waals surface area contributed by atoms with E-state index in [2.05, 4.69) is 12.2 Å². The normalized spacial score (nSPS) is 10.1. The Balaban J connectivity index is 1.99. The summed E-state index contributed by atoms with van der Waals surface area (Å²) >= 11 is 0. The minimum absolute atomic E-state index is 0.123. The van der Waals surface area contributed by atoms with Gasteiger partial charge in [-0.15, -0.1) is 0 Å². The average Bonchev–Trinajstić information content (AvgIpc) is 2.62. The van der Waals surface area contributed by atoms with Gasteiger partial charge in [-0.2, -0.15) is 0 Å². The number of aryl methyl sites for hydroxylation is 1. The van der Waals surface area contributed by atoms with Crippen molar-refractivity contribution in [1.29, 1.82) is 0 Å². The number of hydrogen-bond donors (Lipinski definition) is 1. The number of carbonyl (C=O) groups is 2. The predicted molar refractivity (Wildman–Crippen MR) is 92.9 cm³/mol. The second-order valence-electron chi connectivity index (χ2n) is 5.14. The predicted octanol–water partition coefficient (Wildman–Crippen LogP) is 3.48. The third-order valence-corrected chi connectivity index (χ3v) is 3.42. The van der Waals surface area contributed by atoms with Crippen LogP contribution in [0.15, 0.2) is 42.5 Å². The van der Waals surface area contributed by atoms with Crippen molar-refractivity contribution in [1.82, 2.24) is 0 Å². The average molecular weight is 327 g/mol. The molecule has 0 unspecified atom stereocenters. The van der Waals surface area contributed by atoms with Gasteiger partial charge in [0.25, 0.3) is 5.91 Å². The van der Waals surface area contributed by atoms with Gasteiger partial charge in [-0.3, -0.25) is 9.59 Å². The lowest BCUT2D eigenvalue weighted by Crippen LogP contribution is -2.20. The lowest BCUT2D eigenvalue weighted by molar-refractivity contribution is -0.118. The summed E-state index contributed by atoms with van der Waals surface area (Å²) in [5, 5.41) is 2.72. The molecule has 5 nitrogen and oxygen atoms in total. The Morgan fingerprint density at radius 2 is 1.83 bits per heavy atom. The molecule has 2 aromatic rings. The molecule has 5 heteroatoms. The fourth-order valence-electron chi connectivity index (χ4n) is 2.16. The Morgan fingerprint density at radius 1 is 1.08 bits per heavy atom. The molecular formula is C19H21NO4. The van der Waals surface area contributed by atoms with E-state index in [4.69, 9.17) is 9.47 Å². The highest BCUT2D eigenvalue weighted by molar-refractivity contribution is 5.94. The molecule has 0 aliphatic heterocycles. The van der Waals surface area contributed by atoms with Crippen LogP contribution in [0.5, 0.6) is 11.5 Å². The van der Waals surface area contributed by atoms with Gasteiger partial charge in [0.1, 0.15) is 17.8 Å². The SMILES string of the molecule is CCOc1ccc(C=O)cc1NC(=O)COc1ccc(CC)cc1. The van der Waals surface area contributed by atoms with Crippen molar-refractivity contribution in [2.45, 2.75) is 20.3 Å². The van der Waals surface area contributed by atoms with E-state index >= 15 is 0 Å². The zero-order valence-corrected chi connectivity index (χ0v) is 13.9. The molecule has 0 aromatic heterocycles. The molecule has 0 bridgehead atoms. The molecule has 0 aliphatic carbocycles. The van der Waals surface area contributed by atoms with E-state index < -0.39 is 0 Å². The van der Waals surface area contributed by atoms with Crippen molar-refractivity contribution >= 4 is 17.9 Å². The van der Waals surface area contributed by atoms with Crippen LogP contribution in [-0.4, -0.2) is 25.4 Å². The van der Waals surface area contributed by atoms with Gasteiger partial charge in [0.15, 0.2) is 6.61 Å². The Labute approximate surface area is 141 Å². The van der Waals surface area contributed by atoms with E-state index in [-0.39, 0.29) is 12.5 Å². The quantitative estimate of drug-likeness (QED) is 0.754. The van der Waals surface area contributed by atoms with Crippen LogP contribution >= 0.6 is 0 Å². The van der Waals surface area contributed by atoms with Crippen molar-refractivity contribution < 1.29 is 19.1 Å². The van der Waals surface area contributed by atoms with Gasteiger partial charge in [-0.05, 0) is 49.2 Å². The van der Waals surface area contributed by atoms with Gasteiger partial charge >= 0.3 is 0 Å². The molecule has 0 aliphatic rings. The lowest BCUT2D eigenvalue weighted by atomic mass is 10.2. The Hall–Kier alpha value is -2.82. The maximum absolute atomic E-state index is 12.1. The fraction of sp³-hybridized carbons (Fsp3) is 0.263. The zero-order chi connectivity index (χ0) is 17.4. The topological polar surface area (TPSA) is 64.6 Å². The van der Waals surface area contributed by atoms with E-state index in [0.29, 0.717) is 29.4 Å². The number of hydrogen-bond acceptors (Lipinski definition) is 4. The second-order valence-corrected chi connectivity index (χ2v) is 5.14. The first kappa shape index (κ1) is 17.5. The van der Waals surface area contributed by atoms with E-state index in [1.165, 1.54) is 5.56 Å². The summed E-state index contributed by atoms with van der Waals surface area (Å²) in [7, 11) is 0. The minimum atomic E-state index is -0.321. The Morgan fingerprint density at radius 3 is 2.46 bits per heavy atom. The number of carbonyl (C=O) groups excluding carboxylic acids is 2. The van der Waals surface area contributed by atoms with Crippen LogP contribution in [0, 0.1) is 0 Å². The van der Waals surface area contributed by atoms with E-state index in [9.17, 15) is 9.59 Å². The summed E-state index contributed by atoms with van der Waals surface area (Å²) in [6, 6.07) is 12.5. The Kier molecular flexibility index (Phi) is 6.37. The fourth-order valence-corrected chi connectivity index (χ4v) is 2.16. The third kappa shape index (κ3) is 4.84. The van der Waals surface area contributed by atoms with Crippen LogP contribution < -0.4 is 14.8 Å². The number of aldehydes is 1. The van der Waals surface area contributed by atoms with Crippen molar-refractivity contribution in [2.24, 2.45) is 0 Å². The largest absolute Gasteiger partial charge is 0.492 e. The van der Waals surface area contributed by atoms with Gasteiger partial charge in [-0.25, -0.2) is 0 Å². The molecule has 24 heavy (non-hydrogen) atoms. The van der Waals surface area contributed by atoms with Crippen molar-refractivity contribution in [3.05, 3.63) is 53.6 Å². The van der Waals surface area contributed by atoms with Gasteiger partial charge < -0.3 is 14.8 Å². The number of amides is 1. The first-order chi connectivity index (χ1) is 11.7. The molecule has 2 aromatic carbocycles. The van der Waals surface area contributed by atoms with Crippen LogP contribution in [0.3, 0.4) is 0 Å². The smallest absolute Gasteiger partial charge is 0.262 e. The van der Waals surface area contributed by atoms with Crippen LogP contribution in [0.1, 0.15) is 29.8 Å². The minimum Gasteiger partial charge on any atom is -0.492 e. The highest BCUT2D eigenvalue weighted by atomic mass is 16.5. The van der Waals surface area contributed by atoms with E-state index in [1.54, 1.807) is 18.2 Å². The molecule has 126 valence electrons. The molecule has 2 rings (SSSR count). The number of rotatable bonds is 8. The zero-order valence-electron chi connectivity index (χ0n) is 13.9. The maximum Gasteiger partial charge on any atom is 0.262 e. The van der Waals surface area contributed by atoms with Gasteiger partial charge in [0.2, 0.25) is 0 Å². The van der Waals surface area contributed by atoms with Gasteiger partial charge in [0.05, 0.1) is 12.3 Å². The van der Waals surface area contributed by atoms with Gasteiger partial charge in [-0.1, -0.05) is 19.1 Å². The van der Waals surface area contributed by atoms with Crippen molar-refractivity contribution in [3.8, 4) is 11.5 Å². The maximum atomic E-state index is 12.1. The first-order valence-corrected chi connectivity index (χ1v) is 7.89. The summed E-state index contributed by atoms with van der Waals surface area (Å²) in [6.45, 7) is 4.26. The summed E-state index contributed by atoms with van der Waals surface area (Å²) in [5.74, 6) is 0.830. The molecule has 0 heterocycles.